The minimum absolute atomic E-state index is 0.669. The average Bonchev–Trinajstić information content (AvgIpc) is 3.00. The number of furan rings is 1. The molecule has 5 heteroatoms. The summed E-state index contributed by atoms with van der Waals surface area (Å²) < 4.78 is 6.79. The fourth-order valence-corrected chi connectivity index (χ4v) is 2.78. The van der Waals surface area contributed by atoms with Crippen LogP contribution in [0.25, 0.3) is 11.3 Å². The molecule has 0 aliphatic rings. The summed E-state index contributed by atoms with van der Waals surface area (Å²) >= 11 is 9.60. The van der Waals surface area contributed by atoms with Crippen LogP contribution >= 0.6 is 27.5 Å². The van der Waals surface area contributed by atoms with Crippen molar-refractivity contribution < 1.29 is 4.42 Å². The lowest BCUT2D eigenvalue weighted by Gasteiger charge is -2.05. The van der Waals surface area contributed by atoms with Crippen LogP contribution in [0.1, 0.15) is 11.3 Å². The Kier molecular flexibility index (Phi) is 4.84. The second-order valence-electron chi connectivity index (χ2n) is 4.96. The Balaban J connectivity index is 1.74. The van der Waals surface area contributed by atoms with Crippen molar-refractivity contribution in [1.29, 1.82) is 0 Å². The summed E-state index contributed by atoms with van der Waals surface area (Å²) in [6.45, 7) is 1.94. The lowest BCUT2D eigenvalue weighted by atomic mass is 10.2. The highest BCUT2D eigenvalue weighted by Crippen LogP contribution is 2.29. The third-order valence-electron chi connectivity index (χ3n) is 3.41. The molecule has 0 amide bonds. The van der Waals surface area contributed by atoms with Gasteiger partial charge in [-0.3, -0.25) is 5.43 Å². The molecule has 3 aromatic rings. The normalized spacial score (nSPS) is 11.1. The van der Waals surface area contributed by atoms with Crippen LogP contribution in [-0.4, -0.2) is 6.21 Å². The first-order valence-corrected chi connectivity index (χ1v) is 8.21. The molecule has 3 nitrogen and oxygen atoms in total. The summed E-state index contributed by atoms with van der Waals surface area (Å²) in [6.07, 6.45) is 1.64. The Labute approximate surface area is 148 Å². The zero-order valence-electron chi connectivity index (χ0n) is 12.4. The van der Waals surface area contributed by atoms with Gasteiger partial charge in [0.2, 0.25) is 0 Å². The van der Waals surface area contributed by atoms with E-state index in [0.29, 0.717) is 10.8 Å². The van der Waals surface area contributed by atoms with Gasteiger partial charge in [0.05, 0.1) is 11.9 Å². The molecule has 1 N–H and O–H groups in total. The van der Waals surface area contributed by atoms with Crippen LogP contribution in [0.4, 0.5) is 5.69 Å². The van der Waals surface area contributed by atoms with Gasteiger partial charge in [0.15, 0.2) is 0 Å². The van der Waals surface area contributed by atoms with Crippen molar-refractivity contribution in [2.45, 2.75) is 6.92 Å². The van der Waals surface area contributed by atoms with Crippen LogP contribution < -0.4 is 5.43 Å². The molecule has 0 aliphatic carbocycles. The second kappa shape index (κ2) is 7.02. The molecule has 0 spiro atoms. The summed E-state index contributed by atoms with van der Waals surface area (Å²) in [5.74, 6) is 1.46. The quantitative estimate of drug-likeness (QED) is 0.431. The van der Waals surface area contributed by atoms with Gasteiger partial charge in [-0.2, -0.15) is 5.10 Å². The molecular weight excluding hydrogens is 376 g/mol. The summed E-state index contributed by atoms with van der Waals surface area (Å²) in [6, 6.07) is 17.4. The number of benzene rings is 2. The standard InChI is InChI=1S/C18H14BrClN2O/c1-12-16(20)7-4-8-17(12)22-21-11-13-9-10-18(23-13)14-5-2-3-6-15(14)19/h2-11,22H,1H3/b21-11+. The van der Waals surface area contributed by atoms with Crippen LogP contribution in [-0.2, 0) is 0 Å². The van der Waals surface area contributed by atoms with Crippen molar-refractivity contribution in [2.75, 3.05) is 5.43 Å². The van der Waals surface area contributed by atoms with Crippen molar-refractivity contribution in [3.63, 3.8) is 0 Å². The topological polar surface area (TPSA) is 37.5 Å². The van der Waals surface area contributed by atoms with Gasteiger partial charge in [0, 0.05) is 15.1 Å². The van der Waals surface area contributed by atoms with E-state index >= 15 is 0 Å². The molecule has 23 heavy (non-hydrogen) atoms. The van der Waals surface area contributed by atoms with Crippen molar-refractivity contribution in [3.05, 3.63) is 75.4 Å². The zero-order valence-corrected chi connectivity index (χ0v) is 14.7. The Bertz CT molecular complexity index is 858. The predicted molar refractivity (Wildman–Crippen MR) is 99.2 cm³/mol. The molecule has 0 radical (unpaired) electrons. The number of hydrogen-bond acceptors (Lipinski definition) is 3. The van der Waals surface area contributed by atoms with Gasteiger partial charge in [-0.15, -0.1) is 0 Å². The minimum atomic E-state index is 0.669. The molecule has 1 heterocycles. The Morgan fingerprint density at radius 1 is 1.09 bits per heavy atom. The Hall–Kier alpha value is -2.04. The van der Waals surface area contributed by atoms with Crippen LogP contribution in [0, 0.1) is 6.92 Å². The first-order valence-electron chi connectivity index (χ1n) is 7.04. The lowest BCUT2D eigenvalue weighted by Crippen LogP contribution is -1.92. The first-order chi connectivity index (χ1) is 11.1. The summed E-state index contributed by atoms with van der Waals surface area (Å²) in [7, 11) is 0. The smallest absolute Gasteiger partial charge is 0.147 e. The summed E-state index contributed by atoms with van der Waals surface area (Å²) in [5.41, 5.74) is 5.81. The molecule has 0 fully saturated rings. The Morgan fingerprint density at radius 2 is 1.91 bits per heavy atom. The molecule has 2 aromatic carbocycles. The molecule has 0 bridgehead atoms. The summed E-state index contributed by atoms with van der Waals surface area (Å²) in [5, 5.41) is 4.91. The number of hydrogen-bond donors (Lipinski definition) is 1. The number of nitrogens with zero attached hydrogens (tertiary/aromatic N) is 1. The van der Waals surface area contributed by atoms with E-state index < -0.39 is 0 Å². The largest absolute Gasteiger partial charge is 0.455 e. The molecule has 0 atom stereocenters. The van der Waals surface area contributed by atoms with Crippen LogP contribution in [0.2, 0.25) is 5.02 Å². The third kappa shape index (κ3) is 3.66. The zero-order chi connectivity index (χ0) is 16.2. The van der Waals surface area contributed by atoms with Gasteiger partial charge in [-0.05, 0) is 42.8 Å². The number of nitrogens with one attached hydrogen (secondary N) is 1. The molecule has 0 saturated carbocycles. The van der Waals surface area contributed by atoms with Crippen molar-refractivity contribution in [2.24, 2.45) is 5.10 Å². The molecule has 0 unspecified atom stereocenters. The average molecular weight is 390 g/mol. The predicted octanol–water partition coefficient (Wildman–Crippen LogP) is 6.12. The number of hydrazone groups is 1. The van der Waals surface area contributed by atoms with E-state index in [1.54, 1.807) is 6.21 Å². The van der Waals surface area contributed by atoms with Gasteiger partial charge in [-0.25, -0.2) is 0 Å². The maximum Gasteiger partial charge on any atom is 0.147 e. The maximum atomic E-state index is 6.08. The first kappa shape index (κ1) is 15.8. The molecular formula is C18H14BrClN2O. The lowest BCUT2D eigenvalue weighted by molar-refractivity contribution is 0.575. The van der Waals surface area contributed by atoms with E-state index in [2.05, 4.69) is 26.5 Å². The monoisotopic (exact) mass is 388 g/mol. The van der Waals surface area contributed by atoms with Crippen molar-refractivity contribution in [3.8, 4) is 11.3 Å². The molecule has 1 aromatic heterocycles. The highest BCUT2D eigenvalue weighted by molar-refractivity contribution is 9.10. The SMILES string of the molecule is Cc1c(Cl)cccc1N/N=C/c1ccc(-c2ccccc2Br)o1. The summed E-state index contributed by atoms with van der Waals surface area (Å²) in [4.78, 5) is 0. The Morgan fingerprint density at radius 3 is 2.74 bits per heavy atom. The van der Waals surface area contributed by atoms with Crippen molar-refractivity contribution in [1.82, 2.24) is 0 Å². The van der Waals surface area contributed by atoms with Gasteiger partial charge in [0.1, 0.15) is 11.5 Å². The number of rotatable bonds is 4. The molecule has 0 saturated heterocycles. The number of halogens is 2. The van der Waals surface area contributed by atoms with Gasteiger partial charge < -0.3 is 4.42 Å². The van der Waals surface area contributed by atoms with Crippen LogP contribution in [0.5, 0.6) is 0 Å². The van der Waals surface area contributed by atoms with E-state index in [4.69, 9.17) is 16.0 Å². The highest BCUT2D eigenvalue weighted by atomic mass is 79.9. The minimum Gasteiger partial charge on any atom is -0.455 e. The fraction of sp³-hybridized carbons (Fsp3) is 0.0556. The highest BCUT2D eigenvalue weighted by Gasteiger charge is 2.06. The molecule has 0 aliphatic heterocycles. The van der Waals surface area contributed by atoms with E-state index in [9.17, 15) is 0 Å². The van der Waals surface area contributed by atoms with Crippen LogP contribution in [0.15, 0.2) is 68.6 Å². The van der Waals surface area contributed by atoms with E-state index in [-0.39, 0.29) is 0 Å². The van der Waals surface area contributed by atoms with E-state index in [1.807, 2.05) is 61.5 Å². The van der Waals surface area contributed by atoms with Gasteiger partial charge in [0.25, 0.3) is 0 Å². The molecule has 3 rings (SSSR count). The van der Waals surface area contributed by atoms with E-state index in [0.717, 1.165) is 27.0 Å². The maximum absolute atomic E-state index is 6.08. The fourth-order valence-electron chi connectivity index (χ4n) is 2.12. The van der Waals surface area contributed by atoms with Crippen molar-refractivity contribution >= 4 is 39.4 Å². The molecule has 116 valence electrons. The van der Waals surface area contributed by atoms with Gasteiger partial charge in [-0.1, -0.05) is 51.8 Å². The second-order valence-corrected chi connectivity index (χ2v) is 6.23. The van der Waals surface area contributed by atoms with Crippen LogP contribution in [0.3, 0.4) is 0 Å². The number of anilines is 1. The van der Waals surface area contributed by atoms with E-state index in [1.165, 1.54) is 0 Å². The third-order valence-corrected chi connectivity index (χ3v) is 4.51. The van der Waals surface area contributed by atoms with Gasteiger partial charge >= 0.3 is 0 Å².